The van der Waals surface area contributed by atoms with Crippen LogP contribution >= 0.6 is 11.3 Å². The number of rotatable bonds is 8. The number of hydrogen-bond donors (Lipinski definition) is 2. The van der Waals surface area contributed by atoms with Crippen LogP contribution in [0.15, 0.2) is 29.6 Å². The summed E-state index contributed by atoms with van der Waals surface area (Å²) in [4.78, 5) is 9.52. The van der Waals surface area contributed by atoms with Crippen LogP contribution in [0.25, 0.3) is 22.3 Å². The average molecular weight is 386 g/mol. The van der Waals surface area contributed by atoms with E-state index in [-0.39, 0.29) is 12.7 Å². The number of thiazole rings is 1. The van der Waals surface area contributed by atoms with Gasteiger partial charge in [-0.3, -0.25) is 0 Å². The van der Waals surface area contributed by atoms with Crippen molar-refractivity contribution in [3.8, 4) is 17.1 Å². The van der Waals surface area contributed by atoms with Crippen LogP contribution in [0.5, 0.6) is 5.75 Å². The third-order valence-electron chi connectivity index (χ3n) is 4.00. The van der Waals surface area contributed by atoms with Crippen LogP contribution in [-0.4, -0.2) is 33.8 Å². The third-order valence-corrected chi connectivity index (χ3v) is 4.77. The molecule has 2 aromatic heterocycles. The molecule has 6 heteroatoms. The van der Waals surface area contributed by atoms with E-state index in [1.165, 1.54) is 0 Å². The van der Waals surface area contributed by atoms with Crippen LogP contribution in [0.1, 0.15) is 39.7 Å². The maximum absolute atomic E-state index is 9.09. The van der Waals surface area contributed by atoms with Crippen LogP contribution in [0.2, 0.25) is 0 Å². The van der Waals surface area contributed by atoms with Gasteiger partial charge in [-0.1, -0.05) is 6.07 Å². The lowest BCUT2D eigenvalue weighted by Gasteiger charge is -2.14. The van der Waals surface area contributed by atoms with Gasteiger partial charge in [-0.05, 0) is 58.2 Å². The van der Waals surface area contributed by atoms with Crippen molar-refractivity contribution in [1.82, 2.24) is 9.97 Å². The Morgan fingerprint density at radius 2 is 1.93 bits per heavy atom. The molecule has 0 saturated carbocycles. The zero-order valence-electron chi connectivity index (χ0n) is 16.3. The van der Waals surface area contributed by atoms with Gasteiger partial charge < -0.3 is 15.2 Å². The second-order valence-electron chi connectivity index (χ2n) is 7.19. The first-order valence-electron chi connectivity index (χ1n) is 9.40. The molecule has 27 heavy (non-hydrogen) atoms. The first-order valence-corrected chi connectivity index (χ1v) is 10.3. The van der Waals surface area contributed by atoms with Crippen LogP contribution in [0.3, 0.4) is 0 Å². The molecular formula is C21H27N3O2S. The maximum atomic E-state index is 9.09. The Labute approximate surface area is 164 Å². The lowest BCUT2D eigenvalue weighted by Crippen LogP contribution is -2.09. The summed E-state index contributed by atoms with van der Waals surface area (Å²) >= 11 is 1.58. The molecule has 2 N–H and O–H groups in total. The van der Waals surface area contributed by atoms with E-state index in [0.717, 1.165) is 51.6 Å². The van der Waals surface area contributed by atoms with E-state index >= 15 is 0 Å². The molecule has 1 aromatic carbocycles. The number of aromatic nitrogens is 2. The number of fused-ring (bicyclic) bond motifs is 1. The Balaban J connectivity index is 2.04. The average Bonchev–Trinajstić information content (AvgIpc) is 3.06. The summed E-state index contributed by atoms with van der Waals surface area (Å²) in [7, 11) is 0. The molecule has 0 amide bonds. The first-order chi connectivity index (χ1) is 13.0. The Morgan fingerprint density at radius 1 is 1.11 bits per heavy atom. The Kier molecular flexibility index (Phi) is 6.29. The first kappa shape index (κ1) is 19.6. The number of nitrogens with zero attached hydrogens (tertiary/aromatic N) is 2. The van der Waals surface area contributed by atoms with E-state index in [0.29, 0.717) is 6.04 Å². The molecule has 0 radical (unpaired) electrons. The molecule has 5 nitrogen and oxygen atoms in total. The molecular weight excluding hydrogens is 358 g/mol. The molecule has 0 saturated heterocycles. The van der Waals surface area contributed by atoms with Crippen LogP contribution in [0, 0.1) is 0 Å². The van der Waals surface area contributed by atoms with Crippen LogP contribution in [0.4, 0.5) is 5.13 Å². The normalized spacial score (nSPS) is 11.5. The predicted octanol–water partition coefficient (Wildman–Crippen LogP) is 4.89. The zero-order valence-corrected chi connectivity index (χ0v) is 17.1. The predicted molar refractivity (Wildman–Crippen MR) is 113 cm³/mol. The molecule has 144 valence electrons. The van der Waals surface area contributed by atoms with Gasteiger partial charge in [0.1, 0.15) is 11.4 Å². The second kappa shape index (κ2) is 8.67. The van der Waals surface area contributed by atoms with Crippen molar-refractivity contribution in [1.29, 1.82) is 0 Å². The van der Waals surface area contributed by atoms with Gasteiger partial charge in [-0.25, -0.2) is 9.97 Å². The van der Waals surface area contributed by atoms with Crippen molar-refractivity contribution in [3.05, 3.63) is 35.2 Å². The summed E-state index contributed by atoms with van der Waals surface area (Å²) in [5.74, 6) is 0.824. The van der Waals surface area contributed by atoms with Crippen molar-refractivity contribution < 1.29 is 9.84 Å². The molecule has 2 heterocycles. The van der Waals surface area contributed by atoms with Crippen molar-refractivity contribution in [2.75, 3.05) is 11.9 Å². The van der Waals surface area contributed by atoms with E-state index in [2.05, 4.69) is 42.3 Å². The molecule has 0 spiro atoms. The topological polar surface area (TPSA) is 67.3 Å². The fraction of sp³-hybridized carbons (Fsp3) is 0.429. The maximum Gasteiger partial charge on any atom is 0.183 e. The SMILES string of the molecule is CC(C)Nc1nc(-c2cc(OC(C)C)c3ccc(CCCO)cc3n2)cs1. The smallest absolute Gasteiger partial charge is 0.183 e. The van der Waals surface area contributed by atoms with E-state index in [1.807, 2.05) is 25.3 Å². The van der Waals surface area contributed by atoms with Gasteiger partial charge in [0, 0.05) is 29.5 Å². The monoisotopic (exact) mass is 385 g/mol. The molecule has 0 atom stereocenters. The molecule has 0 fully saturated rings. The van der Waals surface area contributed by atoms with Crippen molar-refractivity contribution >= 4 is 27.4 Å². The Hall–Kier alpha value is -2.18. The summed E-state index contributed by atoms with van der Waals surface area (Å²) < 4.78 is 6.06. The highest BCUT2D eigenvalue weighted by atomic mass is 32.1. The van der Waals surface area contributed by atoms with E-state index < -0.39 is 0 Å². The molecule has 3 aromatic rings. The van der Waals surface area contributed by atoms with Crippen molar-refractivity contribution in [2.24, 2.45) is 0 Å². The van der Waals surface area contributed by atoms with Gasteiger partial charge in [0.2, 0.25) is 0 Å². The fourth-order valence-corrected chi connectivity index (χ4v) is 3.72. The number of aryl methyl sites for hydroxylation is 1. The summed E-state index contributed by atoms with van der Waals surface area (Å²) in [6, 6.07) is 8.54. The van der Waals surface area contributed by atoms with Gasteiger partial charge in [0.15, 0.2) is 5.13 Å². The van der Waals surface area contributed by atoms with Gasteiger partial charge in [0.05, 0.1) is 17.3 Å². The molecule has 0 bridgehead atoms. The molecule has 3 rings (SSSR count). The van der Waals surface area contributed by atoms with Crippen LogP contribution in [-0.2, 0) is 6.42 Å². The number of anilines is 1. The Morgan fingerprint density at radius 3 is 2.63 bits per heavy atom. The van der Waals surface area contributed by atoms with Gasteiger partial charge >= 0.3 is 0 Å². The number of ether oxygens (including phenoxy) is 1. The van der Waals surface area contributed by atoms with Gasteiger partial charge in [-0.15, -0.1) is 11.3 Å². The van der Waals surface area contributed by atoms with Gasteiger partial charge in [-0.2, -0.15) is 0 Å². The number of hydrogen-bond acceptors (Lipinski definition) is 6. The third kappa shape index (κ3) is 4.96. The highest BCUT2D eigenvalue weighted by Crippen LogP contribution is 2.33. The number of nitrogens with one attached hydrogen (secondary N) is 1. The van der Waals surface area contributed by atoms with Gasteiger partial charge in [0.25, 0.3) is 0 Å². The fourth-order valence-electron chi connectivity index (χ4n) is 2.87. The zero-order chi connectivity index (χ0) is 19.4. The highest BCUT2D eigenvalue weighted by Gasteiger charge is 2.13. The minimum absolute atomic E-state index is 0.0751. The largest absolute Gasteiger partial charge is 0.490 e. The van der Waals surface area contributed by atoms with E-state index in [1.54, 1.807) is 11.3 Å². The summed E-state index contributed by atoms with van der Waals surface area (Å²) in [6.45, 7) is 8.43. The number of benzene rings is 1. The number of aliphatic hydroxyl groups excluding tert-OH is 1. The van der Waals surface area contributed by atoms with E-state index in [9.17, 15) is 0 Å². The summed E-state index contributed by atoms with van der Waals surface area (Å²) in [5, 5.41) is 16.3. The molecule has 0 aliphatic rings. The van der Waals surface area contributed by atoms with Crippen molar-refractivity contribution in [3.63, 3.8) is 0 Å². The minimum Gasteiger partial charge on any atom is -0.490 e. The lowest BCUT2D eigenvalue weighted by molar-refractivity contribution is 0.245. The second-order valence-corrected chi connectivity index (χ2v) is 8.05. The summed E-state index contributed by atoms with van der Waals surface area (Å²) in [6.07, 6.45) is 1.65. The minimum atomic E-state index is 0.0751. The number of aliphatic hydroxyl groups is 1. The lowest BCUT2D eigenvalue weighted by atomic mass is 10.1. The standard InChI is InChI=1S/C21H27N3O2S/c1-13(2)22-21-24-19(12-27-21)18-11-20(26-14(3)4)16-8-7-15(6-5-9-25)10-17(16)23-18/h7-8,10-14,25H,5-6,9H2,1-4H3,(H,22,24). The molecule has 0 aliphatic heterocycles. The number of pyridine rings is 1. The summed E-state index contributed by atoms with van der Waals surface area (Å²) in [5.41, 5.74) is 3.71. The molecule has 0 unspecified atom stereocenters. The quantitative estimate of drug-likeness (QED) is 0.578. The van der Waals surface area contributed by atoms with Crippen LogP contribution < -0.4 is 10.1 Å². The van der Waals surface area contributed by atoms with Crippen molar-refractivity contribution in [2.45, 2.75) is 52.7 Å². The highest BCUT2D eigenvalue weighted by molar-refractivity contribution is 7.14. The Bertz CT molecular complexity index is 906. The van der Waals surface area contributed by atoms with E-state index in [4.69, 9.17) is 14.8 Å². The molecule has 0 aliphatic carbocycles.